The molecule has 0 bridgehead atoms. The Kier molecular flexibility index (Phi) is 5.45. The van der Waals surface area contributed by atoms with Gasteiger partial charge in [0.2, 0.25) is 0 Å². The third-order valence-electron chi connectivity index (χ3n) is 3.24. The zero-order valence-corrected chi connectivity index (χ0v) is 12.3. The fourth-order valence-corrected chi connectivity index (χ4v) is 3.32. The van der Waals surface area contributed by atoms with E-state index >= 15 is 0 Å². The molecule has 4 nitrogen and oxygen atoms in total. The van der Waals surface area contributed by atoms with Crippen molar-refractivity contribution in [3.63, 3.8) is 0 Å². The summed E-state index contributed by atoms with van der Waals surface area (Å²) < 4.78 is 0. The van der Waals surface area contributed by atoms with Crippen molar-refractivity contribution in [2.24, 2.45) is 0 Å². The molecule has 1 aliphatic rings. The fraction of sp³-hybridized carbons (Fsp3) is 0.467. The summed E-state index contributed by atoms with van der Waals surface area (Å²) >= 11 is 1.87. The zero-order chi connectivity index (χ0) is 14.4. The third kappa shape index (κ3) is 3.53. The molecule has 1 fully saturated rings. The van der Waals surface area contributed by atoms with E-state index in [1.54, 1.807) is 23.2 Å². The summed E-state index contributed by atoms with van der Waals surface area (Å²) in [5.74, 6) is 7.77. The van der Waals surface area contributed by atoms with Crippen LogP contribution in [0.1, 0.15) is 28.9 Å². The van der Waals surface area contributed by atoms with Crippen molar-refractivity contribution < 1.29 is 9.90 Å². The van der Waals surface area contributed by atoms with Gasteiger partial charge in [-0.3, -0.25) is 4.79 Å². The van der Waals surface area contributed by atoms with Crippen LogP contribution in [0.15, 0.2) is 18.3 Å². The monoisotopic (exact) mass is 290 g/mol. The summed E-state index contributed by atoms with van der Waals surface area (Å²) in [4.78, 5) is 18.5. The lowest BCUT2D eigenvalue weighted by molar-refractivity contribution is 0.0741. The zero-order valence-electron chi connectivity index (χ0n) is 11.5. The minimum atomic E-state index is -0.0774. The second kappa shape index (κ2) is 7.32. The van der Waals surface area contributed by atoms with E-state index in [2.05, 4.69) is 16.8 Å². The normalized spacial score (nSPS) is 17.4. The number of hydrogen-bond acceptors (Lipinski definition) is 4. The highest BCUT2D eigenvalue weighted by Crippen LogP contribution is 2.22. The van der Waals surface area contributed by atoms with Crippen LogP contribution in [0.2, 0.25) is 0 Å². The molecule has 0 radical (unpaired) electrons. The van der Waals surface area contributed by atoms with Gasteiger partial charge in [0.15, 0.2) is 0 Å². The van der Waals surface area contributed by atoms with Gasteiger partial charge in [-0.2, -0.15) is 11.8 Å². The minimum absolute atomic E-state index is 0.0236. The van der Waals surface area contributed by atoms with Crippen LogP contribution in [0.4, 0.5) is 0 Å². The van der Waals surface area contributed by atoms with Gasteiger partial charge >= 0.3 is 0 Å². The van der Waals surface area contributed by atoms with Gasteiger partial charge in [-0.1, -0.05) is 11.8 Å². The Hall–Kier alpha value is -1.51. The summed E-state index contributed by atoms with van der Waals surface area (Å²) in [6.07, 6.45) is 3.05. The number of aliphatic hydroxyl groups is 1. The molecular formula is C15H18N2O2S. The van der Waals surface area contributed by atoms with Gasteiger partial charge in [0.05, 0.1) is 12.2 Å². The van der Waals surface area contributed by atoms with Crippen LogP contribution in [0, 0.1) is 11.8 Å². The number of carbonyl (C=O) groups is 1. The highest BCUT2D eigenvalue weighted by molar-refractivity contribution is 7.99. The first kappa shape index (κ1) is 14.9. The maximum atomic E-state index is 12.5. The molecule has 0 aliphatic carbocycles. The largest absolute Gasteiger partial charge is 0.395 e. The Morgan fingerprint density at radius 2 is 2.50 bits per heavy atom. The lowest BCUT2D eigenvalue weighted by atomic mass is 10.1. The van der Waals surface area contributed by atoms with Gasteiger partial charge in [-0.15, -0.1) is 0 Å². The van der Waals surface area contributed by atoms with Gasteiger partial charge in [-0.05, 0) is 24.3 Å². The Bertz CT molecular complexity index is 530. The molecule has 1 N–H and O–H groups in total. The van der Waals surface area contributed by atoms with Gasteiger partial charge in [0.25, 0.3) is 5.91 Å². The van der Waals surface area contributed by atoms with Gasteiger partial charge in [0, 0.05) is 31.5 Å². The summed E-state index contributed by atoms with van der Waals surface area (Å²) in [5.41, 5.74) is 1.03. The molecule has 20 heavy (non-hydrogen) atoms. The quantitative estimate of drug-likeness (QED) is 0.855. The predicted molar refractivity (Wildman–Crippen MR) is 80.6 cm³/mol. The topological polar surface area (TPSA) is 53.4 Å². The first-order valence-corrected chi connectivity index (χ1v) is 7.79. The van der Waals surface area contributed by atoms with E-state index in [4.69, 9.17) is 5.11 Å². The van der Waals surface area contributed by atoms with Gasteiger partial charge in [0.1, 0.15) is 5.69 Å². The lowest BCUT2D eigenvalue weighted by Gasteiger charge is -2.23. The summed E-state index contributed by atoms with van der Waals surface area (Å²) in [7, 11) is 1.83. The molecule has 1 atom stereocenters. The highest BCUT2D eigenvalue weighted by atomic mass is 32.2. The number of aliphatic hydroxyl groups excluding tert-OH is 1. The summed E-state index contributed by atoms with van der Waals surface area (Å²) in [5, 5.41) is 8.76. The maximum absolute atomic E-state index is 12.5. The number of aromatic nitrogens is 1. The predicted octanol–water partition coefficient (Wildman–Crippen LogP) is 1.39. The molecule has 1 saturated heterocycles. The summed E-state index contributed by atoms with van der Waals surface area (Å²) in [6, 6.07) is 3.85. The Labute approximate surface area is 123 Å². The fourth-order valence-electron chi connectivity index (χ4n) is 2.05. The van der Waals surface area contributed by atoms with Crippen LogP contribution in [0.5, 0.6) is 0 Å². The van der Waals surface area contributed by atoms with Crippen molar-refractivity contribution in [2.75, 3.05) is 25.2 Å². The Morgan fingerprint density at radius 1 is 1.65 bits per heavy atom. The van der Waals surface area contributed by atoms with Crippen molar-refractivity contribution in [1.29, 1.82) is 0 Å². The third-order valence-corrected chi connectivity index (χ3v) is 4.39. The first-order chi connectivity index (χ1) is 9.74. The van der Waals surface area contributed by atoms with Crippen LogP contribution in [-0.4, -0.2) is 52.1 Å². The van der Waals surface area contributed by atoms with Crippen molar-refractivity contribution >= 4 is 17.7 Å². The number of rotatable bonds is 3. The lowest BCUT2D eigenvalue weighted by Crippen LogP contribution is -2.37. The number of pyridine rings is 1. The molecule has 2 rings (SSSR count). The molecule has 1 aromatic rings. The number of amides is 1. The van der Waals surface area contributed by atoms with Crippen LogP contribution >= 0.6 is 11.8 Å². The molecule has 1 aromatic heterocycles. The van der Waals surface area contributed by atoms with Crippen molar-refractivity contribution in [1.82, 2.24) is 9.88 Å². The molecule has 106 valence electrons. The first-order valence-electron chi connectivity index (χ1n) is 6.63. The van der Waals surface area contributed by atoms with Crippen molar-refractivity contribution in [2.45, 2.75) is 18.9 Å². The van der Waals surface area contributed by atoms with E-state index in [1.807, 2.05) is 18.8 Å². The Morgan fingerprint density at radius 3 is 3.20 bits per heavy atom. The molecule has 0 aromatic carbocycles. The number of nitrogens with zero attached hydrogens (tertiary/aromatic N) is 2. The van der Waals surface area contributed by atoms with E-state index in [9.17, 15) is 4.79 Å². The van der Waals surface area contributed by atoms with E-state index in [0.29, 0.717) is 17.7 Å². The number of hydrogen-bond donors (Lipinski definition) is 1. The average Bonchev–Trinajstić information content (AvgIpc) is 3.01. The smallest absolute Gasteiger partial charge is 0.273 e. The summed E-state index contributed by atoms with van der Waals surface area (Å²) in [6.45, 7) is 0.0236. The molecule has 1 unspecified atom stereocenters. The van der Waals surface area contributed by atoms with Gasteiger partial charge < -0.3 is 10.0 Å². The molecule has 1 amide bonds. The minimum Gasteiger partial charge on any atom is -0.395 e. The van der Waals surface area contributed by atoms with Crippen molar-refractivity contribution in [3.8, 4) is 11.8 Å². The second-order valence-electron chi connectivity index (χ2n) is 4.61. The van der Waals surface area contributed by atoms with Crippen molar-refractivity contribution in [3.05, 3.63) is 29.6 Å². The van der Waals surface area contributed by atoms with Gasteiger partial charge in [-0.25, -0.2) is 4.98 Å². The molecule has 2 heterocycles. The number of thioether (sulfide) groups is 1. The second-order valence-corrected chi connectivity index (χ2v) is 5.76. The molecule has 0 saturated carbocycles. The SMILES string of the molecule is CN(C(=O)c1ncccc1C#CCCO)C1CCSC1. The van der Waals surface area contributed by atoms with E-state index < -0.39 is 0 Å². The van der Waals surface area contributed by atoms with Crippen LogP contribution < -0.4 is 0 Å². The van der Waals surface area contributed by atoms with Crippen LogP contribution in [-0.2, 0) is 0 Å². The van der Waals surface area contributed by atoms with Crippen LogP contribution in [0.3, 0.4) is 0 Å². The molecule has 1 aliphatic heterocycles. The Balaban J connectivity index is 2.19. The molecule has 0 spiro atoms. The highest BCUT2D eigenvalue weighted by Gasteiger charge is 2.26. The van der Waals surface area contributed by atoms with Crippen LogP contribution in [0.25, 0.3) is 0 Å². The van der Waals surface area contributed by atoms with E-state index in [0.717, 1.165) is 17.9 Å². The standard InChI is InChI=1S/C15H18N2O2S/c1-17(13-7-10-20-11-13)15(19)14-12(5-2-3-9-18)6-4-8-16-14/h4,6,8,13,18H,3,7,9-11H2,1H3. The molecule has 5 heteroatoms. The van der Waals surface area contributed by atoms with E-state index in [-0.39, 0.29) is 18.6 Å². The maximum Gasteiger partial charge on any atom is 0.273 e. The average molecular weight is 290 g/mol. The molecular weight excluding hydrogens is 272 g/mol. The number of carbonyl (C=O) groups excluding carboxylic acids is 1. The van der Waals surface area contributed by atoms with E-state index in [1.165, 1.54) is 0 Å².